The van der Waals surface area contributed by atoms with Crippen molar-refractivity contribution in [3.05, 3.63) is 0 Å². The van der Waals surface area contributed by atoms with Gasteiger partial charge in [-0.05, 0) is 44.9 Å². The summed E-state index contributed by atoms with van der Waals surface area (Å²) in [6.45, 7) is 2.24. The number of unbranched alkanes of at least 4 members (excludes halogenated alkanes) is 3. The van der Waals surface area contributed by atoms with Crippen LogP contribution in [0.2, 0.25) is 0 Å². The number of carboxylic acid groups (broad SMARTS) is 1. The van der Waals surface area contributed by atoms with Gasteiger partial charge in [-0.15, -0.1) is 0 Å². The molecule has 3 N–H and O–H groups in total. The van der Waals surface area contributed by atoms with Crippen molar-refractivity contribution >= 4 is 17.9 Å². The maximum atomic E-state index is 12.1. The number of hydrogen-bond acceptors (Lipinski definition) is 4. The van der Waals surface area contributed by atoms with Crippen LogP contribution in [-0.2, 0) is 9.59 Å². The third-order valence-corrected chi connectivity index (χ3v) is 6.13. The van der Waals surface area contributed by atoms with Gasteiger partial charge in [0, 0.05) is 13.0 Å². The van der Waals surface area contributed by atoms with Crippen LogP contribution >= 0.6 is 0 Å². The van der Waals surface area contributed by atoms with Crippen molar-refractivity contribution in [3.8, 4) is 0 Å². The molecule has 0 aromatic heterocycles. The van der Waals surface area contributed by atoms with Gasteiger partial charge in [0.25, 0.3) is 5.91 Å². The Morgan fingerprint density at radius 2 is 1.81 bits per heavy atom. The molecule has 7 heteroatoms. The van der Waals surface area contributed by atoms with Gasteiger partial charge in [-0.1, -0.05) is 38.5 Å². The van der Waals surface area contributed by atoms with Gasteiger partial charge in [0.05, 0.1) is 5.60 Å². The number of rotatable bonds is 11. The van der Waals surface area contributed by atoms with E-state index in [0.29, 0.717) is 25.8 Å². The number of aliphatic hydroxyl groups is 1. The Balaban J connectivity index is 1.79. The molecule has 0 spiro atoms. The fraction of sp³-hybridized carbons (Fsp3) is 0.850. The van der Waals surface area contributed by atoms with Crippen molar-refractivity contribution in [1.82, 2.24) is 10.2 Å². The fourth-order valence-corrected chi connectivity index (χ4v) is 4.33. The maximum absolute atomic E-state index is 12.1. The number of imide groups is 1. The number of hydrogen-bond donors (Lipinski definition) is 3. The first-order chi connectivity index (χ1) is 12.8. The summed E-state index contributed by atoms with van der Waals surface area (Å²) in [5.74, 6) is -0.782. The van der Waals surface area contributed by atoms with Crippen LogP contribution in [0.15, 0.2) is 0 Å². The molecule has 2 rings (SSSR count). The first kappa shape index (κ1) is 21.7. The first-order valence-electron chi connectivity index (χ1n) is 10.4. The van der Waals surface area contributed by atoms with Gasteiger partial charge in [-0.2, -0.15) is 0 Å². The van der Waals surface area contributed by atoms with Gasteiger partial charge in [-0.3, -0.25) is 14.9 Å². The van der Waals surface area contributed by atoms with Gasteiger partial charge in [0.15, 0.2) is 0 Å². The molecule has 1 heterocycles. The van der Waals surface area contributed by atoms with E-state index in [1.54, 1.807) is 4.90 Å². The Hall–Kier alpha value is -1.63. The van der Waals surface area contributed by atoms with Crippen LogP contribution in [0, 0.1) is 5.92 Å². The predicted octanol–water partition coefficient (Wildman–Crippen LogP) is 3.05. The normalized spacial score (nSPS) is 23.3. The Kier molecular flexibility index (Phi) is 8.07. The number of carboxylic acids is 1. The summed E-state index contributed by atoms with van der Waals surface area (Å²) < 4.78 is 0. The number of amides is 3. The van der Waals surface area contributed by atoms with Crippen molar-refractivity contribution in [1.29, 1.82) is 0 Å². The van der Waals surface area contributed by atoms with E-state index >= 15 is 0 Å². The lowest BCUT2D eigenvalue weighted by atomic mass is 9.76. The van der Waals surface area contributed by atoms with Crippen LogP contribution < -0.4 is 5.32 Å². The highest BCUT2D eigenvalue weighted by atomic mass is 16.4. The third kappa shape index (κ3) is 6.48. The molecule has 1 aliphatic carbocycles. The summed E-state index contributed by atoms with van der Waals surface area (Å²) in [7, 11) is 0. The molecule has 154 valence electrons. The van der Waals surface area contributed by atoms with E-state index in [4.69, 9.17) is 5.11 Å². The minimum absolute atomic E-state index is 0.171. The molecule has 27 heavy (non-hydrogen) atoms. The molecule has 2 aliphatic rings. The zero-order chi connectivity index (χ0) is 19.9. The lowest BCUT2D eigenvalue weighted by molar-refractivity contribution is -0.137. The third-order valence-electron chi connectivity index (χ3n) is 6.13. The van der Waals surface area contributed by atoms with Crippen LogP contribution in [0.25, 0.3) is 0 Å². The Labute approximate surface area is 161 Å². The van der Waals surface area contributed by atoms with Crippen LogP contribution in [0.1, 0.15) is 84.0 Å². The zero-order valence-corrected chi connectivity index (χ0v) is 16.4. The molecule has 2 fully saturated rings. The van der Waals surface area contributed by atoms with E-state index in [1.807, 2.05) is 6.92 Å². The summed E-state index contributed by atoms with van der Waals surface area (Å²) in [5, 5.41) is 21.9. The van der Waals surface area contributed by atoms with E-state index in [1.165, 1.54) is 6.42 Å². The van der Waals surface area contributed by atoms with Crippen LogP contribution in [0.5, 0.6) is 0 Å². The SMILES string of the molecule is CC(O)(CCN1C(=O)NC(=O)C1CCCCCCC(=O)O)C1CCCCC1. The molecule has 1 aliphatic heterocycles. The van der Waals surface area contributed by atoms with Crippen molar-refractivity contribution in [2.24, 2.45) is 5.92 Å². The molecule has 0 aromatic rings. The second-order valence-corrected chi connectivity index (χ2v) is 8.29. The highest BCUT2D eigenvalue weighted by molar-refractivity contribution is 6.04. The summed E-state index contributed by atoms with van der Waals surface area (Å²) in [6, 6.07) is -0.838. The Bertz CT molecular complexity index is 528. The van der Waals surface area contributed by atoms with Gasteiger partial charge >= 0.3 is 12.0 Å². The average Bonchev–Trinajstić information content (AvgIpc) is 2.89. The number of carbonyl (C=O) groups excluding carboxylic acids is 2. The highest BCUT2D eigenvalue weighted by Crippen LogP contribution is 2.35. The van der Waals surface area contributed by atoms with Crippen molar-refractivity contribution < 1.29 is 24.6 Å². The molecule has 2 unspecified atom stereocenters. The monoisotopic (exact) mass is 382 g/mol. The minimum atomic E-state index is -0.812. The van der Waals surface area contributed by atoms with Crippen LogP contribution in [-0.4, -0.2) is 51.2 Å². The topological polar surface area (TPSA) is 107 Å². The van der Waals surface area contributed by atoms with Crippen LogP contribution in [0.3, 0.4) is 0 Å². The van der Waals surface area contributed by atoms with E-state index in [0.717, 1.165) is 44.9 Å². The number of nitrogens with one attached hydrogen (secondary N) is 1. The summed E-state index contributed by atoms with van der Waals surface area (Å²) in [5.41, 5.74) is -0.812. The summed E-state index contributed by atoms with van der Waals surface area (Å²) >= 11 is 0. The lowest BCUT2D eigenvalue weighted by Crippen LogP contribution is -2.43. The second-order valence-electron chi connectivity index (χ2n) is 8.29. The summed E-state index contributed by atoms with van der Waals surface area (Å²) in [6.07, 6.45) is 9.87. The molecule has 0 bridgehead atoms. The van der Waals surface area contributed by atoms with Crippen molar-refractivity contribution in [2.45, 2.75) is 95.6 Å². The first-order valence-corrected chi connectivity index (χ1v) is 10.4. The van der Waals surface area contributed by atoms with Gasteiger partial charge in [0.2, 0.25) is 0 Å². The average molecular weight is 383 g/mol. The lowest BCUT2D eigenvalue weighted by Gasteiger charge is -2.37. The molecular weight excluding hydrogens is 348 g/mol. The maximum Gasteiger partial charge on any atom is 0.324 e. The standard InChI is InChI=1S/C20H34N2O5/c1-20(27,15-9-5-4-6-10-15)13-14-22-16(18(25)21-19(22)26)11-7-2-3-8-12-17(23)24/h15-16,27H,2-14H2,1H3,(H,23,24)(H,21,25,26). The van der Waals surface area contributed by atoms with E-state index in [-0.39, 0.29) is 24.3 Å². The van der Waals surface area contributed by atoms with Gasteiger partial charge in [-0.25, -0.2) is 4.79 Å². The number of carbonyl (C=O) groups is 3. The fourth-order valence-electron chi connectivity index (χ4n) is 4.33. The zero-order valence-electron chi connectivity index (χ0n) is 16.4. The second kappa shape index (κ2) is 10.1. The number of nitrogens with zero attached hydrogens (tertiary/aromatic N) is 1. The van der Waals surface area contributed by atoms with Crippen molar-refractivity contribution in [3.63, 3.8) is 0 Å². The molecule has 3 amide bonds. The van der Waals surface area contributed by atoms with E-state index in [2.05, 4.69) is 5.32 Å². The van der Waals surface area contributed by atoms with E-state index < -0.39 is 17.6 Å². The molecule has 0 radical (unpaired) electrons. The predicted molar refractivity (Wildman–Crippen MR) is 101 cm³/mol. The van der Waals surface area contributed by atoms with Gasteiger partial charge < -0.3 is 15.1 Å². The molecular formula is C20H34N2O5. The minimum Gasteiger partial charge on any atom is -0.481 e. The number of aliphatic carboxylic acids is 1. The highest BCUT2D eigenvalue weighted by Gasteiger charge is 2.40. The molecule has 0 aromatic carbocycles. The Morgan fingerprint density at radius 3 is 2.48 bits per heavy atom. The van der Waals surface area contributed by atoms with E-state index in [9.17, 15) is 19.5 Å². The molecule has 2 atom stereocenters. The smallest absolute Gasteiger partial charge is 0.324 e. The van der Waals surface area contributed by atoms with Crippen LogP contribution in [0.4, 0.5) is 4.79 Å². The number of urea groups is 1. The Morgan fingerprint density at radius 1 is 1.15 bits per heavy atom. The molecule has 1 saturated carbocycles. The largest absolute Gasteiger partial charge is 0.481 e. The quantitative estimate of drug-likeness (QED) is 0.376. The molecule has 7 nitrogen and oxygen atoms in total. The van der Waals surface area contributed by atoms with Gasteiger partial charge in [0.1, 0.15) is 6.04 Å². The molecule has 1 saturated heterocycles. The summed E-state index contributed by atoms with van der Waals surface area (Å²) in [4.78, 5) is 36.3. The van der Waals surface area contributed by atoms with Crippen molar-refractivity contribution in [2.75, 3.05) is 6.54 Å².